The number of benzene rings is 1. The van der Waals surface area contributed by atoms with Crippen molar-refractivity contribution in [3.05, 3.63) is 42.0 Å². The summed E-state index contributed by atoms with van der Waals surface area (Å²) in [5, 5.41) is 0. The summed E-state index contributed by atoms with van der Waals surface area (Å²) in [6, 6.07) is 9.52. The van der Waals surface area contributed by atoms with Gasteiger partial charge >= 0.3 is 11.9 Å². The summed E-state index contributed by atoms with van der Waals surface area (Å²) in [5.41, 5.74) is 0.924. The van der Waals surface area contributed by atoms with Crippen LogP contribution < -0.4 is 0 Å². The maximum Gasteiger partial charge on any atom is 0.331 e. The Balaban J connectivity index is 2.70. The number of carbonyl (C=O) groups is 2. The maximum absolute atomic E-state index is 12.1. The molecule has 4 nitrogen and oxygen atoms in total. The van der Waals surface area contributed by atoms with Crippen molar-refractivity contribution < 1.29 is 19.1 Å². The molecule has 0 aliphatic rings. The number of hydrogen-bond donors (Lipinski definition) is 0. The molecule has 126 valence electrons. The first kappa shape index (κ1) is 18.9. The Hall–Kier alpha value is -2.10. The third kappa shape index (κ3) is 6.68. The molecule has 0 spiro atoms. The molecule has 1 rings (SSSR count). The van der Waals surface area contributed by atoms with E-state index < -0.39 is 18.0 Å². The predicted molar refractivity (Wildman–Crippen MR) is 90.7 cm³/mol. The lowest BCUT2D eigenvalue weighted by Gasteiger charge is -2.23. The molecule has 2 atom stereocenters. The van der Waals surface area contributed by atoms with Crippen LogP contribution in [0.4, 0.5) is 0 Å². The molecule has 0 N–H and O–H groups in total. The zero-order valence-corrected chi connectivity index (χ0v) is 14.2. The summed E-state index contributed by atoms with van der Waals surface area (Å²) < 4.78 is 10.6. The Bertz CT molecular complexity index is 507. The zero-order chi connectivity index (χ0) is 17.1. The minimum atomic E-state index is -0.457. The van der Waals surface area contributed by atoms with E-state index in [-0.39, 0.29) is 5.97 Å². The van der Waals surface area contributed by atoms with E-state index in [2.05, 4.69) is 0 Å². The molecule has 0 aliphatic carbocycles. The fraction of sp³-hybridized carbons (Fsp3) is 0.474. The Kier molecular flexibility index (Phi) is 8.73. The maximum atomic E-state index is 12.1. The highest BCUT2D eigenvalue weighted by Crippen LogP contribution is 2.20. The van der Waals surface area contributed by atoms with E-state index in [1.807, 2.05) is 44.2 Å². The second-order valence-electron chi connectivity index (χ2n) is 5.27. The quantitative estimate of drug-likeness (QED) is 0.510. The van der Waals surface area contributed by atoms with Gasteiger partial charge in [0.2, 0.25) is 0 Å². The Morgan fingerprint density at radius 3 is 2.39 bits per heavy atom. The number of hydrogen-bond acceptors (Lipinski definition) is 4. The van der Waals surface area contributed by atoms with E-state index >= 15 is 0 Å². The van der Waals surface area contributed by atoms with Gasteiger partial charge in [0.15, 0.2) is 0 Å². The lowest BCUT2D eigenvalue weighted by molar-refractivity contribution is -0.159. The Morgan fingerprint density at radius 2 is 1.83 bits per heavy atom. The first-order valence-electron chi connectivity index (χ1n) is 8.22. The van der Waals surface area contributed by atoms with Crippen molar-refractivity contribution in [2.45, 2.75) is 46.1 Å². The van der Waals surface area contributed by atoms with Gasteiger partial charge < -0.3 is 9.47 Å². The molecule has 0 bridgehead atoms. The fourth-order valence-electron chi connectivity index (χ4n) is 2.38. The van der Waals surface area contributed by atoms with Gasteiger partial charge in [-0.05, 0) is 31.4 Å². The first-order valence-corrected chi connectivity index (χ1v) is 8.22. The largest absolute Gasteiger partial charge is 0.466 e. The molecule has 0 saturated heterocycles. The van der Waals surface area contributed by atoms with Crippen LogP contribution in [0, 0.1) is 5.92 Å². The van der Waals surface area contributed by atoms with Crippen LogP contribution in [-0.4, -0.2) is 24.6 Å². The van der Waals surface area contributed by atoms with Crippen LogP contribution in [0.25, 0.3) is 6.08 Å². The van der Waals surface area contributed by atoms with Gasteiger partial charge in [-0.2, -0.15) is 0 Å². The van der Waals surface area contributed by atoms with Gasteiger partial charge in [0.25, 0.3) is 0 Å². The third-order valence-electron chi connectivity index (χ3n) is 3.52. The summed E-state index contributed by atoms with van der Waals surface area (Å²) in [6.45, 7) is 6.00. The highest BCUT2D eigenvalue weighted by atomic mass is 16.6. The molecule has 0 radical (unpaired) electrons. The summed E-state index contributed by atoms with van der Waals surface area (Å²) >= 11 is 0. The first-order chi connectivity index (χ1) is 11.1. The van der Waals surface area contributed by atoms with Crippen LogP contribution in [0.1, 0.15) is 45.6 Å². The molecule has 1 aromatic rings. The number of rotatable bonds is 9. The Labute approximate surface area is 138 Å². The van der Waals surface area contributed by atoms with E-state index in [0.717, 1.165) is 12.0 Å². The number of ether oxygens (including phenoxy) is 2. The lowest BCUT2D eigenvalue weighted by Crippen LogP contribution is -2.33. The van der Waals surface area contributed by atoms with Gasteiger partial charge in [-0.1, -0.05) is 50.6 Å². The molecule has 0 aromatic heterocycles. The average Bonchev–Trinajstić information content (AvgIpc) is 2.57. The molecular formula is C19H26O4. The Morgan fingerprint density at radius 1 is 1.13 bits per heavy atom. The van der Waals surface area contributed by atoms with Crippen molar-refractivity contribution in [1.29, 1.82) is 0 Å². The van der Waals surface area contributed by atoms with Crippen LogP contribution in [0.15, 0.2) is 36.4 Å². The van der Waals surface area contributed by atoms with E-state index in [4.69, 9.17) is 9.47 Å². The van der Waals surface area contributed by atoms with Crippen LogP contribution >= 0.6 is 0 Å². The fourth-order valence-corrected chi connectivity index (χ4v) is 2.38. The van der Waals surface area contributed by atoms with E-state index in [9.17, 15) is 9.59 Å². The van der Waals surface area contributed by atoms with Crippen molar-refractivity contribution in [3.63, 3.8) is 0 Å². The van der Waals surface area contributed by atoms with Crippen LogP contribution in [0.2, 0.25) is 0 Å². The predicted octanol–water partition coefficient (Wildman–Crippen LogP) is 4.00. The van der Waals surface area contributed by atoms with Gasteiger partial charge in [-0.15, -0.1) is 0 Å². The summed E-state index contributed by atoms with van der Waals surface area (Å²) in [6.07, 6.45) is 4.70. The molecule has 0 saturated carbocycles. The van der Waals surface area contributed by atoms with Crippen molar-refractivity contribution in [3.8, 4) is 0 Å². The van der Waals surface area contributed by atoms with Gasteiger partial charge in [0.1, 0.15) is 6.10 Å². The molecule has 4 heteroatoms. The van der Waals surface area contributed by atoms with Crippen LogP contribution in [0.5, 0.6) is 0 Å². The van der Waals surface area contributed by atoms with Crippen molar-refractivity contribution >= 4 is 18.0 Å². The topological polar surface area (TPSA) is 52.6 Å². The molecule has 0 amide bonds. The molecule has 0 aliphatic heterocycles. The van der Waals surface area contributed by atoms with Gasteiger partial charge in [0, 0.05) is 6.08 Å². The molecule has 0 fully saturated rings. The lowest BCUT2D eigenvalue weighted by atomic mass is 9.95. The SMILES string of the molecule is CCCC(C(=O)OCC)C(CC)OC(=O)C=Cc1ccccc1. The van der Waals surface area contributed by atoms with Crippen LogP contribution in [0.3, 0.4) is 0 Å². The van der Waals surface area contributed by atoms with Crippen molar-refractivity contribution in [1.82, 2.24) is 0 Å². The van der Waals surface area contributed by atoms with E-state index in [0.29, 0.717) is 19.4 Å². The standard InChI is InChI=1S/C19H26O4/c1-4-10-16(19(21)22-6-3)17(5-2)23-18(20)14-13-15-11-8-7-9-12-15/h7-9,11-14,16-17H,4-6,10H2,1-3H3. The second kappa shape index (κ2) is 10.6. The molecule has 1 aromatic carbocycles. The minimum Gasteiger partial charge on any atom is -0.466 e. The minimum absolute atomic E-state index is 0.291. The van der Waals surface area contributed by atoms with Crippen molar-refractivity contribution in [2.75, 3.05) is 6.61 Å². The average molecular weight is 318 g/mol. The summed E-state index contributed by atoms with van der Waals surface area (Å²) in [5.74, 6) is -1.13. The molecule has 0 heterocycles. The van der Waals surface area contributed by atoms with E-state index in [1.165, 1.54) is 6.08 Å². The smallest absolute Gasteiger partial charge is 0.331 e. The highest BCUT2D eigenvalue weighted by molar-refractivity contribution is 5.87. The normalized spacial score (nSPS) is 13.5. The highest BCUT2D eigenvalue weighted by Gasteiger charge is 2.30. The third-order valence-corrected chi connectivity index (χ3v) is 3.52. The van der Waals surface area contributed by atoms with Gasteiger partial charge in [0.05, 0.1) is 12.5 Å². The second-order valence-corrected chi connectivity index (χ2v) is 5.27. The van der Waals surface area contributed by atoms with Gasteiger partial charge in [-0.3, -0.25) is 4.79 Å². The molecule has 23 heavy (non-hydrogen) atoms. The van der Waals surface area contributed by atoms with Crippen LogP contribution in [-0.2, 0) is 19.1 Å². The summed E-state index contributed by atoms with van der Waals surface area (Å²) in [4.78, 5) is 24.1. The monoisotopic (exact) mass is 318 g/mol. The zero-order valence-electron chi connectivity index (χ0n) is 14.2. The number of esters is 2. The molecular weight excluding hydrogens is 292 g/mol. The van der Waals surface area contributed by atoms with Crippen molar-refractivity contribution in [2.24, 2.45) is 5.92 Å². The summed E-state index contributed by atoms with van der Waals surface area (Å²) in [7, 11) is 0. The van der Waals surface area contributed by atoms with Gasteiger partial charge in [-0.25, -0.2) is 4.79 Å². The molecule has 2 unspecified atom stereocenters. The van der Waals surface area contributed by atoms with E-state index in [1.54, 1.807) is 13.0 Å². The number of carbonyl (C=O) groups excluding carboxylic acids is 2.